The Morgan fingerprint density at radius 2 is 2.36 bits per heavy atom. The number of rotatable bonds is 1. The SMILES string of the molecule is COC(=O)c1cc(C)[nH]c1N. The van der Waals surface area contributed by atoms with Gasteiger partial charge in [-0.15, -0.1) is 0 Å². The summed E-state index contributed by atoms with van der Waals surface area (Å²) in [6.45, 7) is 1.82. The van der Waals surface area contributed by atoms with Gasteiger partial charge in [0, 0.05) is 5.69 Å². The molecule has 1 heterocycles. The van der Waals surface area contributed by atoms with E-state index in [1.54, 1.807) is 6.07 Å². The molecule has 0 saturated carbocycles. The Balaban J connectivity index is 3.03. The summed E-state index contributed by atoms with van der Waals surface area (Å²) in [5.41, 5.74) is 6.70. The van der Waals surface area contributed by atoms with Gasteiger partial charge in [0.2, 0.25) is 0 Å². The third kappa shape index (κ3) is 1.34. The molecule has 1 rings (SSSR count). The maximum atomic E-state index is 10.9. The summed E-state index contributed by atoms with van der Waals surface area (Å²) in [5, 5.41) is 0. The predicted molar refractivity (Wildman–Crippen MR) is 41.3 cm³/mol. The molecule has 11 heavy (non-hydrogen) atoms. The molecule has 60 valence electrons. The van der Waals surface area contributed by atoms with Crippen molar-refractivity contribution in [1.29, 1.82) is 0 Å². The first-order valence-electron chi connectivity index (χ1n) is 3.18. The lowest BCUT2D eigenvalue weighted by Gasteiger charge is -1.94. The molecule has 0 bridgehead atoms. The van der Waals surface area contributed by atoms with Gasteiger partial charge < -0.3 is 15.5 Å². The number of methoxy groups -OCH3 is 1. The second-order valence-electron chi connectivity index (χ2n) is 2.27. The molecule has 0 aromatic carbocycles. The first-order chi connectivity index (χ1) is 5.15. The summed E-state index contributed by atoms with van der Waals surface area (Å²) >= 11 is 0. The molecule has 0 aliphatic rings. The maximum Gasteiger partial charge on any atom is 0.341 e. The number of aryl methyl sites for hydroxylation is 1. The number of ether oxygens (including phenoxy) is 1. The van der Waals surface area contributed by atoms with Crippen molar-refractivity contribution in [2.24, 2.45) is 0 Å². The van der Waals surface area contributed by atoms with Crippen molar-refractivity contribution in [3.05, 3.63) is 17.3 Å². The van der Waals surface area contributed by atoms with Crippen LogP contribution in [0.2, 0.25) is 0 Å². The van der Waals surface area contributed by atoms with Crippen LogP contribution in [0.15, 0.2) is 6.07 Å². The van der Waals surface area contributed by atoms with E-state index in [1.165, 1.54) is 7.11 Å². The fourth-order valence-electron chi connectivity index (χ4n) is 0.889. The van der Waals surface area contributed by atoms with Crippen LogP contribution in [0, 0.1) is 6.92 Å². The molecule has 4 nitrogen and oxygen atoms in total. The van der Waals surface area contributed by atoms with Crippen molar-refractivity contribution in [2.75, 3.05) is 12.8 Å². The number of carbonyl (C=O) groups is 1. The molecule has 0 spiro atoms. The number of nitrogen functional groups attached to an aromatic ring is 1. The Labute approximate surface area is 64.4 Å². The Kier molecular flexibility index (Phi) is 1.85. The molecule has 1 aromatic rings. The van der Waals surface area contributed by atoms with Crippen molar-refractivity contribution in [3.63, 3.8) is 0 Å². The van der Waals surface area contributed by atoms with Crippen LogP contribution in [0.5, 0.6) is 0 Å². The van der Waals surface area contributed by atoms with Gasteiger partial charge >= 0.3 is 5.97 Å². The summed E-state index contributed by atoms with van der Waals surface area (Å²) < 4.78 is 4.49. The van der Waals surface area contributed by atoms with Gasteiger partial charge in [-0.05, 0) is 13.0 Å². The second-order valence-corrected chi connectivity index (χ2v) is 2.27. The number of anilines is 1. The van der Waals surface area contributed by atoms with Gasteiger partial charge in [-0.3, -0.25) is 0 Å². The van der Waals surface area contributed by atoms with Gasteiger partial charge in [0.15, 0.2) is 0 Å². The fourth-order valence-corrected chi connectivity index (χ4v) is 0.889. The van der Waals surface area contributed by atoms with Gasteiger partial charge in [-0.2, -0.15) is 0 Å². The Morgan fingerprint density at radius 3 is 2.73 bits per heavy atom. The lowest BCUT2D eigenvalue weighted by atomic mass is 10.3. The quantitative estimate of drug-likeness (QED) is 0.585. The highest BCUT2D eigenvalue weighted by Gasteiger charge is 2.11. The zero-order valence-electron chi connectivity index (χ0n) is 6.47. The van der Waals surface area contributed by atoms with Crippen LogP contribution >= 0.6 is 0 Å². The number of nitrogens with two attached hydrogens (primary N) is 1. The molecule has 0 aliphatic carbocycles. The van der Waals surface area contributed by atoms with E-state index in [9.17, 15) is 4.79 Å². The highest BCUT2D eigenvalue weighted by Crippen LogP contribution is 2.12. The first kappa shape index (κ1) is 7.65. The molecule has 0 amide bonds. The molecule has 0 fully saturated rings. The van der Waals surface area contributed by atoms with Crippen molar-refractivity contribution in [2.45, 2.75) is 6.92 Å². The van der Waals surface area contributed by atoms with E-state index in [0.29, 0.717) is 11.4 Å². The topological polar surface area (TPSA) is 68.1 Å². The molecule has 4 heteroatoms. The average molecular weight is 154 g/mol. The van der Waals surface area contributed by atoms with E-state index in [0.717, 1.165) is 5.69 Å². The van der Waals surface area contributed by atoms with E-state index in [4.69, 9.17) is 5.73 Å². The minimum absolute atomic E-state index is 0.356. The number of carbonyl (C=O) groups excluding carboxylic acids is 1. The number of hydrogen-bond acceptors (Lipinski definition) is 3. The fraction of sp³-hybridized carbons (Fsp3) is 0.286. The first-order valence-corrected chi connectivity index (χ1v) is 3.18. The van der Waals surface area contributed by atoms with Gasteiger partial charge in [-0.1, -0.05) is 0 Å². The average Bonchev–Trinajstić information content (AvgIpc) is 2.28. The molecular weight excluding hydrogens is 144 g/mol. The summed E-state index contributed by atoms with van der Waals surface area (Å²) in [5.74, 6) is -0.0544. The number of aromatic nitrogens is 1. The molecule has 0 saturated heterocycles. The lowest BCUT2D eigenvalue weighted by molar-refractivity contribution is 0.0602. The van der Waals surface area contributed by atoms with Crippen LogP contribution in [0.4, 0.5) is 5.82 Å². The number of H-pyrrole nitrogens is 1. The van der Waals surface area contributed by atoms with Crippen LogP contribution in [-0.2, 0) is 4.74 Å². The molecule has 0 aliphatic heterocycles. The highest BCUT2D eigenvalue weighted by molar-refractivity contribution is 5.94. The number of hydrogen-bond donors (Lipinski definition) is 2. The van der Waals surface area contributed by atoms with Crippen LogP contribution in [0.1, 0.15) is 16.1 Å². The van der Waals surface area contributed by atoms with E-state index in [-0.39, 0.29) is 0 Å². The van der Waals surface area contributed by atoms with E-state index in [2.05, 4.69) is 9.72 Å². The second kappa shape index (κ2) is 2.65. The largest absolute Gasteiger partial charge is 0.465 e. The molecule has 0 unspecified atom stereocenters. The summed E-state index contributed by atoms with van der Waals surface area (Å²) in [6.07, 6.45) is 0. The highest BCUT2D eigenvalue weighted by atomic mass is 16.5. The van der Waals surface area contributed by atoms with Crippen molar-refractivity contribution < 1.29 is 9.53 Å². The summed E-state index contributed by atoms with van der Waals surface area (Å²) in [6, 6.07) is 1.65. The van der Waals surface area contributed by atoms with Gasteiger partial charge in [0.1, 0.15) is 11.4 Å². The van der Waals surface area contributed by atoms with Crippen molar-refractivity contribution in [3.8, 4) is 0 Å². The zero-order valence-corrected chi connectivity index (χ0v) is 6.47. The van der Waals surface area contributed by atoms with E-state index < -0.39 is 5.97 Å². The number of aromatic amines is 1. The lowest BCUT2D eigenvalue weighted by Crippen LogP contribution is -2.02. The third-order valence-corrected chi connectivity index (χ3v) is 1.39. The normalized spacial score (nSPS) is 9.64. The van der Waals surface area contributed by atoms with E-state index in [1.807, 2.05) is 6.92 Å². The van der Waals surface area contributed by atoms with Crippen molar-refractivity contribution >= 4 is 11.8 Å². The third-order valence-electron chi connectivity index (χ3n) is 1.39. The summed E-state index contributed by atoms with van der Waals surface area (Å²) in [4.78, 5) is 13.7. The molecule has 1 aromatic heterocycles. The maximum absolute atomic E-state index is 10.9. The predicted octanol–water partition coefficient (Wildman–Crippen LogP) is 0.692. The van der Waals surface area contributed by atoms with Crippen LogP contribution in [-0.4, -0.2) is 18.1 Å². The summed E-state index contributed by atoms with van der Waals surface area (Å²) in [7, 11) is 1.32. The van der Waals surface area contributed by atoms with Gasteiger partial charge in [-0.25, -0.2) is 4.79 Å². The zero-order chi connectivity index (χ0) is 8.43. The minimum Gasteiger partial charge on any atom is -0.465 e. The Hall–Kier alpha value is -1.45. The van der Waals surface area contributed by atoms with Crippen LogP contribution in [0.25, 0.3) is 0 Å². The Morgan fingerprint density at radius 1 is 1.73 bits per heavy atom. The minimum atomic E-state index is -0.410. The Bertz CT molecular complexity index is 278. The molecular formula is C7H10N2O2. The van der Waals surface area contributed by atoms with Gasteiger partial charge in [0.25, 0.3) is 0 Å². The van der Waals surface area contributed by atoms with Crippen LogP contribution in [0.3, 0.4) is 0 Å². The van der Waals surface area contributed by atoms with Crippen LogP contribution < -0.4 is 5.73 Å². The smallest absolute Gasteiger partial charge is 0.341 e. The number of nitrogens with one attached hydrogen (secondary N) is 1. The van der Waals surface area contributed by atoms with Crippen molar-refractivity contribution in [1.82, 2.24) is 4.98 Å². The van der Waals surface area contributed by atoms with E-state index >= 15 is 0 Å². The standard InChI is InChI=1S/C7H10N2O2/c1-4-3-5(6(8)9-4)7(10)11-2/h3,9H,8H2,1-2H3. The molecule has 0 atom stereocenters. The molecule has 3 N–H and O–H groups in total. The van der Waals surface area contributed by atoms with Gasteiger partial charge in [0.05, 0.1) is 7.11 Å². The monoisotopic (exact) mass is 154 g/mol. The number of esters is 1. The molecule has 0 radical (unpaired) electrons.